The van der Waals surface area contributed by atoms with E-state index in [2.05, 4.69) is 49.8 Å². The maximum atomic E-state index is 12.5. The molecule has 6 aromatic rings. The van der Waals surface area contributed by atoms with Crippen molar-refractivity contribution in [2.45, 2.75) is 83.6 Å². The van der Waals surface area contributed by atoms with Gasteiger partial charge < -0.3 is 55.9 Å². The van der Waals surface area contributed by atoms with Gasteiger partial charge in [0, 0.05) is 67.0 Å². The third-order valence-electron chi connectivity index (χ3n) is 12.0. The smallest absolute Gasteiger partial charge is 0.410 e. The molecular weight excluding hydrogens is 873 g/mol. The quantitative estimate of drug-likeness (QED) is 0.0431. The highest BCUT2D eigenvalue weighted by atomic mass is 16.6. The molecule has 362 valence electrons. The number of phenolic OH excluding ortho intramolecular Hbond substituents is 2. The number of hydrogen-bond acceptors (Lipinski definition) is 15. The Labute approximate surface area is 404 Å². The third kappa shape index (κ3) is 13.9. The Bertz CT molecular complexity index is 2660. The molecule has 0 saturated carbocycles. The summed E-state index contributed by atoms with van der Waals surface area (Å²) in [6, 6.07) is 31.6. The van der Waals surface area contributed by atoms with E-state index in [9.17, 15) is 15.0 Å². The van der Waals surface area contributed by atoms with Crippen LogP contribution in [0.1, 0.15) is 63.3 Å². The Balaban J connectivity index is 0.885. The minimum Gasteiger partial charge on any atom is -0.504 e. The van der Waals surface area contributed by atoms with Crippen LogP contribution in [0.3, 0.4) is 0 Å². The fourth-order valence-corrected chi connectivity index (χ4v) is 8.41. The second kappa shape index (κ2) is 22.6. The number of likely N-dealkylation sites (tertiary alicyclic amines) is 1. The van der Waals surface area contributed by atoms with Crippen LogP contribution in [0.2, 0.25) is 0 Å². The van der Waals surface area contributed by atoms with E-state index in [0.717, 1.165) is 83.8 Å². The van der Waals surface area contributed by atoms with Gasteiger partial charge in [-0.2, -0.15) is 0 Å². The lowest BCUT2D eigenvalue weighted by atomic mass is 10.0. The number of carbonyl (C=O) groups is 1. The first-order valence-corrected chi connectivity index (χ1v) is 23.8. The maximum Gasteiger partial charge on any atom is 0.410 e. The first kappa shape index (κ1) is 48.1. The number of carbonyl (C=O) groups excluding carboxylic acids is 1. The number of amides is 1. The normalized spacial score (nSPS) is 14.5. The van der Waals surface area contributed by atoms with E-state index >= 15 is 0 Å². The summed E-state index contributed by atoms with van der Waals surface area (Å²) in [5, 5.41) is 38.5. The predicted octanol–water partition coefficient (Wildman–Crippen LogP) is 8.88. The fraction of sp³-hybridized carbons (Fsp3) is 0.377. The van der Waals surface area contributed by atoms with E-state index in [1.165, 1.54) is 7.11 Å². The van der Waals surface area contributed by atoms with E-state index in [1.807, 2.05) is 87.5 Å². The van der Waals surface area contributed by atoms with E-state index < -0.39 is 5.60 Å². The lowest BCUT2D eigenvalue weighted by Gasteiger charge is -2.34. The van der Waals surface area contributed by atoms with E-state index in [1.54, 1.807) is 23.2 Å². The number of nitrogens with zero attached hydrogens (tertiary/aromatic N) is 5. The number of phenols is 2. The van der Waals surface area contributed by atoms with Crippen LogP contribution in [0, 0.1) is 0 Å². The number of benzene rings is 4. The molecule has 0 aliphatic carbocycles. The molecule has 7 N–H and O–H groups in total. The van der Waals surface area contributed by atoms with Crippen molar-refractivity contribution in [1.82, 2.24) is 30.2 Å². The molecule has 0 spiro atoms. The van der Waals surface area contributed by atoms with Gasteiger partial charge in [-0.1, -0.05) is 36.4 Å². The molecule has 2 saturated heterocycles. The number of rotatable bonds is 18. The molecule has 2 aliphatic heterocycles. The first-order valence-electron chi connectivity index (χ1n) is 23.8. The lowest BCUT2D eigenvalue weighted by molar-refractivity contribution is 0.0210. The lowest BCUT2D eigenvalue weighted by Crippen LogP contribution is -2.44. The van der Waals surface area contributed by atoms with Gasteiger partial charge in [-0.25, -0.2) is 24.7 Å². The number of aromatic hydroxyl groups is 2. The summed E-state index contributed by atoms with van der Waals surface area (Å²) in [5.74, 6) is 1.84. The van der Waals surface area contributed by atoms with Gasteiger partial charge in [0.05, 0.1) is 24.2 Å². The van der Waals surface area contributed by atoms with Crippen molar-refractivity contribution in [2.24, 2.45) is 0 Å². The molecule has 4 heterocycles. The molecule has 2 fully saturated rings. The number of nitrogens with one attached hydrogen (secondary N) is 5. The maximum absolute atomic E-state index is 12.5. The van der Waals surface area contributed by atoms with Gasteiger partial charge in [-0.15, -0.1) is 0 Å². The van der Waals surface area contributed by atoms with E-state index in [-0.39, 0.29) is 30.2 Å². The monoisotopic (exact) mass is 937 g/mol. The molecule has 2 aromatic heterocycles. The number of hydrogen-bond donors (Lipinski definition) is 7. The first-order chi connectivity index (χ1) is 33.4. The van der Waals surface area contributed by atoms with Crippen LogP contribution in [0.5, 0.6) is 23.0 Å². The Morgan fingerprint density at radius 3 is 1.96 bits per heavy atom. The SMILES string of the molecule is COc1cc(CCNc2nc(COc3cc(CCNc4nccc(-c5cccc(NC6CCN(C(=O)OC(C)(C)C)CC6)c5)n4)ccc3O)cc(-c3cccc(NC4CCNCC4)c3)n2)ccc1O. The molecular formula is C53H64N10O6. The zero-order valence-corrected chi connectivity index (χ0v) is 39.9. The van der Waals surface area contributed by atoms with Crippen LogP contribution in [0.25, 0.3) is 22.5 Å². The Morgan fingerprint density at radius 1 is 0.710 bits per heavy atom. The zero-order valence-electron chi connectivity index (χ0n) is 39.9. The van der Waals surface area contributed by atoms with Crippen molar-refractivity contribution in [3.05, 3.63) is 120 Å². The summed E-state index contributed by atoms with van der Waals surface area (Å²) in [6.07, 6.45) is 6.54. The molecule has 4 aromatic carbocycles. The number of methoxy groups -OCH3 is 1. The van der Waals surface area contributed by atoms with Gasteiger partial charge in [-0.05, 0) is 144 Å². The average molecular weight is 937 g/mol. The molecule has 8 rings (SSSR count). The van der Waals surface area contributed by atoms with Gasteiger partial charge in [0.15, 0.2) is 23.0 Å². The largest absolute Gasteiger partial charge is 0.504 e. The summed E-state index contributed by atoms with van der Waals surface area (Å²) in [6.45, 7) is 10.1. The van der Waals surface area contributed by atoms with Crippen molar-refractivity contribution >= 4 is 29.4 Å². The molecule has 0 atom stereocenters. The summed E-state index contributed by atoms with van der Waals surface area (Å²) in [4.78, 5) is 33.4. The molecule has 16 nitrogen and oxygen atoms in total. The van der Waals surface area contributed by atoms with E-state index in [4.69, 9.17) is 29.2 Å². The van der Waals surface area contributed by atoms with Gasteiger partial charge in [0.25, 0.3) is 0 Å². The molecule has 2 aliphatic rings. The fourth-order valence-electron chi connectivity index (χ4n) is 8.41. The topological polar surface area (TPSA) is 200 Å². The second-order valence-electron chi connectivity index (χ2n) is 18.5. The van der Waals surface area contributed by atoms with Crippen LogP contribution in [-0.2, 0) is 24.2 Å². The number of piperidine rings is 2. The van der Waals surface area contributed by atoms with Crippen molar-refractivity contribution in [3.63, 3.8) is 0 Å². The van der Waals surface area contributed by atoms with Crippen molar-refractivity contribution in [1.29, 1.82) is 0 Å². The van der Waals surface area contributed by atoms with E-state index in [0.29, 0.717) is 74.2 Å². The predicted molar refractivity (Wildman–Crippen MR) is 270 cm³/mol. The zero-order chi connectivity index (χ0) is 48.2. The van der Waals surface area contributed by atoms with Crippen LogP contribution >= 0.6 is 0 Å². The molecule has 0 bridgehead atoms. The van der Waals surface area contributed by atoms with Crippen molar-refractivity contribution in [3.8, 4) is 45.5 Å². The summed E-state index contributed by atoms with van der Waals surface area (Å²) in [5.41, 5.74) is 7.52. The van der Waals surface area contributed by atoms with Gasteiger partial charge >= 0.3 is 6.09 Å². The summed E-state index contributed by atoms with van der Waals surface area (Å²) in [7, 11) is 1.53. The van der Waals surface area contributed by atoms with Gasteiger partial charge in [0.1, 0.15) is 12.2 Å². The molecule has 1 amide bonds. The highest BCUT2D eigenvalue weighted by molar-refractivity contribution is 5.69. The minimum atomic E-state index is -0.513. The Morgan fingerprint density at radius 2 is 1.30 bits per heavy atom. The third-order valence-corrected chi connectivity index (χ3v) is 12.0. The summed E-state index contributed by atoms with van der Waals surface area (Å²) < 4.78 is 17.1. The minimum absolute atomic E-state index is 0.0272. The van der Waals surface area contributed by atoms with Gasteiger partial charge in [-0.3, -0.25) is 0 Å². The van der Waals surface area contributed by atoms with Crippen LogP contribution < -0.4 is 36.1 Å². The standard InChI is InChI=1S/C53H64N10O6/c1-53(2,3)69-52(66)63-27-20-40(21-28-63)59-41-9-5-7-37(31-41)44-19-26-56-50(61-44)55-24-15-36-12-14-47(65)49(30-36)68-34-43-33-45(38-8-6-10-42(32-38)58-39-17-22-54-23-18-39)62-51(60-43)57-25-16-35-11-13-46(64)48(29-35)67-4/h5-14,19,26,29-33,39-40,54,58-59,64-65H,15-18,20-25,27-28,34H2,1-4H3,(H,55,56,61)(H,57,60,62). The van der Waals surface area contributed by atoms with Crippen molar-refractivity contribution in [2.75, 3.05) is 67.6 Å². The molecule has 69 heavy (non-hydrogen) atoms. The highest BCUT2D eigenvalue weighted by Crippen LogP contribution is 2.31. The average Bonchev–Trinajstić information content (AvgIpc) is 3.35. The Kier molecular flexibility index (Phi) is 15.8. The second-order valence-corrected chi connectivity index (χ2v) is 18.5. The van der Waals surface area contributed by atoms with Gasteiger partial charge in [0.2, 0.25) is 11.9 Å². The number of ether oxygens (including phenoxy) is 3. The van der Waals surface area contributed by atoms with Crippen LogP contribution in [0.4, 0.5) is 28.1 Å². The van der Waals surface area contributed by atoms with Crippen LogP contribution in [0.15, 0.2) is 103 Å². The van der Waals surface area contributed by atoms with Crippen LogP contribution in [-0.4, -0.2) is 105 Å². The highest BCUT2D eigenvalue weighted by Gasteiger charge is 2.27. The molecule has 16 heteroatoms. The molecule has 0 radical (unpaired) electrons. The molecule has 0 unspecified atom stereocenters. The number of aromatic nitrogens is 4. The van der Waals surface area contributed by atoms with Crippen molar-refractivity contribution < 1.29 is 29.2 Å². The number of anilines is 4. The Hall–Kier alpha value is -7.33. The summed E-state index contributed by atoms with van der Waals surface area (Å²) >= 11 is 0.